The normalized spacial score (nSPS) is 24.6. The van der Waals surface area contributed by atoms with E-state index in [1.54, 1.807) is 6.20 Å². The second kappa shape index (κ2) is 4.70. The topological polar surface area (TPSA) is 39.1 Å². The van der Waals surface area contributed by atoms with Crippen LogP contribution in [0.15, 0.2) is 25.0 Å². The Kier molecular flexibility index (Phi) is 3.29. The lowest BCUT2D eigenvalue weighted by Crippen LogP contribution is -2.33. The molecule has 1 unspecified atom stereocenters. The smallest absolute Gasteiger partial charge is 0.203 e. The van der Waals surface area contributed by atoms with Gasteiger partial charge in [-0.05, 0) is 19.8 Å². The van der Waals surface area contributed by atoms with E-state index in [0.717, 1.165) is 38.5 Å². The summed E-state index contributed by atoms with van der Waals surface area (Å²) in [6.07, 6.45) is 7.87. The molecule has 1 aromatic rings. The molecular weight excluding hydrogens is 202 g/mol. The maximum absolute atomic E-state index is 5.72. The molecule has 0 bridgehead atoms. The van der Waals surface area contributed by atoms with Crippen LogP contribution in [0.1, 0.15) is 19.8 Å². The van der Waals surface area contributed by atoms with Crippen LogP contribution < -0.4 is 5.32 Å². The number of ether oxygens (including phenoxy) is 1. The quantitative estimate of drug-likeness (QED) is 0.773. The summed E-state index contributed by atoms with van der Waals surface area (Å²) < 4.78 is 7.75. The second-order valence-electron chi connectivity index (χ2n) is 4.45. The van der Waals surface area contributed by atoms with Gasteiger partial charge >= 0.3 is 0 Å². The molecule has 0 amide bonds. The van der Waals surface area contributed by atoms with E-state index in [9.17, 15) is 0 Å². The van der Waals surface area contributed by atoms with Crippen molar-refractivity contribution in [3.05, 3.63) is 25.0 Å². The molecule has 4 heteroatoms. The molecule has 0 aliphatic carbocycles. The van der Waals surface area contributed by atoms with Crippen LogP contribution in [0, 0.1) is 0 Å². The maximum atomic E-state index is 5.72. The maximum Gasteiger partial charge on any atom is 0.203 e. The summed E-state index contributed by atoms with van der Waals surface area (Å²) in [5, 5.41) is 3.34. The summed E-state index contributed by atoms with van der Waals surface area (Å²) in [5.74, 6) is 0.886. The Hall–Kier alpha value is -1.29. The lowest BCUT2D eigenvalue weighted by molar-refractivity contribution is 0.0313. The molecule has 1 saturated heterocycles. The van der Waals surface area contributed by atoms with E-state index in [1.807, 2.05) is 16.8 Å². The fourth-order valence-corrected chi connectivity index (χ4v) is 2.01. The molecule has 2 rings (SSSR count). The number of nitrogens with one attached hydrogen (secondary N) is 1. The minimum Gasteiger partial charge on any atom is -0.373 e. The van der Waals surface area contributed by atoms with Gasteiger partial charge in [-0.25, -0.2) is 4.98 Å². The number of rotatable bonds is 5. The van der Waals surface area contributed by atoms with Gasteiger partial charge in [0.15, 0.2) is 0 Å². The van der Waals surface area contributed by atoms with Crippen molar-refractivity contribution in [2.24, 2.45) is 0 Å². The molecule has 1 fully saturated rings. The van der Waals surface area contributed by atoms with Gasteiger partial charge in [0.25, 0.3) is 0 Å². The predicted molar refractivity (Wildman–Crippen MR) is 64.5 cm³/mol. The molecule has 0 saturated carbocycles. The van der Waals surface area contributed by atoms with Gasteiger partial charge in [0.1, 0.15) is 0 Å². The summed E-state index contributed by atoms with van der Waals surface area (Å²) in [5.41, 5.74) is -0.0367. The van der Waals surface area contributed by atoms with Gasteiger partial charge in [0.2, 0.25) is 5.95 Å². The van der Waals surface area contributed by atoms with Crippen molar-refractivity contribution >= 4 is 5.95 Å². The standard InChI is InChI=1S/C12H19N3O/c1-3-7-15-8-6-13-11(15)14-10-12(2)5-4-9-16-12/h3,6,8H,1,4-5,7,9-10H2,2H3,(H,13,14). The first kappa shape index (κ1) is 11.2. The second-order valence-corrected chi connectivity index (χ2v) is 4.45. The van der Waals surface area contributed by atoms with Crippen molar-refractivity contribution in [3.63, 3.8) is 0 Å². The van der Waals surface area contributed by atoms with Gasteiger partial charge in [-0.2, -0.15) is 0 Å². The number of imidazole rings is 1. The third-order valence-electron chi connectivity index (χ3n) is 2.96. The highest BCUT2D eigenvalue weighted by atomic mass is 16.5. The summed E-state index contributed by atoms with van der Waals surface area (Å²) in [6, 6.07) is 0. The Balaban J connectivity index is 1.93. The van der Waals surface area contributed by atoms with E-state index in [0.29, 0.717) is 0 Å². The zero-order chi connectivity index (χ0) is 11.4. The minimum absolute atomic E-state index is 0.0367. The average Bonchev–Trinajstić information content (AvgIpc) is 2.86. The van der Waals surface area contributed by atoms with Crippen LogP contribution in [-0.2, 0) is 11.3 Å². The van der Waals surface area contributed by atoms with Gasteiger partial charge in [-0.3, -0.25) is 0 Å². The van der Waals surface area contributed by atoms with Crippen LogP contribution in [0.4, 0.5) is 5.95 Å². The Labute approximate surface area is 96.3 Å². The molecule has 88 valence electrons. The molecule has 2 heterocycles. The van der Waals surface area contributed by atoms with E-state index in [4.69, 9.17) is 4.74 Å². The van der Waals surface area contributed by atoms with Crippen molar-refractivity contribution < 1.29 is 4.74 Å². The number of hydrogen-bond donors (Lipinski definition) is 1. The van der Waals surface area contributed by atoms with E-state index in [1.165, 1.54) is 0 Å². The zero-order valence-corrected chi connectivity index (χ0v) is 9.78. The van der Waals surface area contributed by atoms with Gasteiger partial charge in [0, 0.05) is 32.1 Å². The van der Waals surface area contributed by atoms with Crippen LogP contribution >= 0.6 is 0 Å². The molecule has 1 atom stereocenters. The van der Waals surface area contributed by atoms with Crippen molar-refractivity contribution in [1.29, 1.82) is 0 Å². The largest absolute Gasteiger partial charge is 0.373 e. The molecule has 1 aliphatic rings. The van der Waals surface area contributed by atoms with Crippen molar-refractivity contribution in [2.45, 2.75) is 31.9 Å². The summed E-state index contributed by atoms with van der Waals surface area (Å²) in [6.45, 7) is 8.33. The molecule has 4 nitrogen and oxygen atoms in total. The number of hydrogen-bond acceptors (Lipinski definition) is 3. The zero-order valence-electron chi connectivity index (χ0n) is 9.78. The Morgan fingerprint density at radius 3 is 3.31 bits per heavy atom. The van der Waals surface area contributed by atoms with Crippen LogP contribution in [0.2, 0.25) is 0 Å². The van der Waals surface area contributed by atoms with Crippen molar-refractivity contribution in [3.8, 4) is 0 Å². The highest BCUT2D eigenvalue weighted by Gasteiger charge is 2.29. The summed E-state index contributed by atoms with van der Waals surface area (Å²) in [7, 11) is 0. The SMILES string of the molecule is C=CCn1ccnc1NCC1(C)CCCO1. The van der Waals surface area contributed by atoms with Crippen molar-refractivity contribution in [1.82, 2.24) is 9.55 Å². The fourth-order valence-electron chi connectivity index (χ4n) is 2.01. The Bertz CT molecular complexity index is 353. The molecule has 0 spiro atoms. The monoisotopic (exact) mass is 221 g/mol. The van der Waals surface area contributed by atoms with Crippen LogP contribution in [0.25, 0.3) is 0 Å². The van der Waals surface area contributed by atoms with Crippen LogP contribution in [0.5, 0.6) is 0 Å². The van der Waals surface area contributed by atoms with Crippen molar-refractivity contribution in [2.75, 3.05) is 18.5 Å². The highest BCUT2D eigenvalue weighted by Crippen LogP contribution is 2.25. The number of anilines is 1. The molecular formula is C12H19N3O. The van der Waals surface area contributed by atoms with E-state index < -0.39 is 0 Å². The first-order valence-electron chi connectivity index (χ1n) is 5.73. The summed E-state index contributed by atoms with van der Waals surface area (Å²) in [4.78, 5) is 4.28. The number of allylic oxidation sites excluding steroid dienone is 1. The van der Waals surface area contributed by atoms with Crippen LogP contribution in [0.3, 0.4) is 0 Å². The highest BCUT2D eigenvalue weighted by molar-refractivity contribution is 5.27. The summed E-state index contributed by atoms with van der Waals surface area (Å²) >= 11 is 0. The van der Waals surface area contributed by atoms with E-state index in [-0.39, 0.29) is 5.60 Å². The van der Waals surface area contributed by atoms with Gasteiger partial charge in [-0.15, -0.1) is 6.58 Å². The minimum atomic E-state index is -0.0367. The lowest BCUT2D eigenvalue weighted by atomic mass is 10.0. The predicted octanol–water partition coefficient (Wildman–Crippen LogP) is 2.05. The molecule has 1 aromatic heterocycles. The third-order valence-corrected chi connectivity index (χ3v) is 2.96. The van der Waals surface area contributed by atoms with Gasteiger partial charge < -0.3 is 14.6 Å². The van der Waals surface area contributed by atoms with Gasteiger partial charge in [0.05, 0.1) is 5.60 Å². The number of aromatic nitrogens is 2. The first-order chi connectivity index (χ1) is 7.73. The first-order valence-corrected chi connectivity index (χ1v) is 5.73. The van der Waals surface area contributed by atoms with E-state index >= 15 is 0 Å². The van der Waals surface area contributed by atoms with Crippen LogP contribution in [-0.4, -0.2) is 28.3 Å². The lowest BCUT2D eigenvalue weighted by Gasteiger charge is -2.23. The molecule has 0 aromatic carbocycles. The number of nitrogens with zero attached hydrogens (tertiary/aromatic N) is 2. The molecule has 1 aliphatic heterocycles. The molecule has 16 heavy (non-hydrogen) atoms. The molecule has 1 N–H and O–H groups in total. The third kappa shape index (κ3) is 2.44. The fraction of sp³-hybridized carbons (Fsp3) is 0.583. The Morgan fingerprint density at radius 2 is 2.62 bits per heavy atom. The Morgan fingerprint density at radius 1 is 1.75 bits per heavy atom. The van der Waals surface area contributed by atoms with Gasteiger partial charge in [-0.1, -0.05) is 6.08 Å². The molecule has 0 radical (unpaired) electrons. The average molecular weight is 221 g/mol. The van der Waals surface area contributed by atoms with E-state index in [2.05, 4.69) is 23.8 Å².